The molecular formula is C24H48OV. The molecule has 2 aliphatic rings. The summed E-state index contributed by atoms with van der Waals surface area (Å²) in [6, 6.07) is 9.05. The maximum atomic E-state index is 5.36. The molecule has 1 aliphatic heterocycles. The Bertz CT molecular complexity index is 310. The second-order valence-corrected chi connectivity index (χ2v) is 4.59. The van der Waals surface area contributed by atoms with E-state index in [-0.39, 0.29) is 26.0 Å². The van der Waals surface area contributed by atoms with E-state index in [1.165, 1.54) is 37.7 Å². The third kappa shape index (κ3) is 18.4. The molecule has 1 aromatic rings. The summed E-state index contributed by atoms with van der Waals surface area (Å²) >= 11 is 0. The van der Waals surface area contributed by atoms with Gasteiger partial charge in [-0.1, -0.05) is 89.0 Å². The average Bonchev–Trinajstić information content (AvgIpc) is 3.11. The van der Waals surface area contributed by atoms with Gasteiger partial charge in [0.25, 0.3) is 0 Å². The van der Waals surface area contributed by atoms with Crippen LogP contribution in [-0.4, -0.2) is 6.61 Å². The molecule has 1 aliphatic carbocycles. The van der Waals surface area contributed by atoms with E-state index in [0.717, 1.165) is 12.4 Å². The SMILES string of the molecule is C.CC.CC.CC.CC.CC1COc2[c-]cccc21.[CH-]1CCCCC1.[V+2]. The second-order valence-electron chi connectivity index (χ2n) is 4.59. The van der Waals surface area contributed by atoms with Crippen LogP contribution in [0.1, 0.15) is 113 Å². The van der Waals surface area contributed by atoms with Crippen molar-refractivity contribution in [1.82, 2.24) is 0 Å². The summed E-state index contributed by atoms with van der Waals surface area (Å²) in [6.07, 6.45) is 9.50. The quantitative estimate of drug-likeness (QED) is 0.393. The molecule has 1 unspecified atom stereocenters. The molecule has 26 heavy (non-hydrogen) atoms. The van der Waals surface area contributed by atoms with Gasteiger partial charge < -0.3 is 11.2 Å². The Morgan fingerprint density at radius 1 is 0.923 bits per heavy atom. The summed E-state index contributed by atoms with van der Waals surface area (Å²) in [5.41, 5.74) is 1.29. The van der Waals surface area contributed by atoms with Crippen LogP contribution in [0, 0.1) is 12.5 Å². The predicted octanol–water partition coefficient (Wildman–Crippen LogP) is 8.88. The number of hydrogen-bond acceptors (Lipinski definition) is 1. The Hall–Kier alpha value is -0.396. The van der Waals surface area contributed by atoms with Crippen molar-refractivity contribution in [2.45, 2.75) is 108 Å². The zero-order valence-electron chi connectivity index (χ0n) is 18.5. The largest absolute Gasteiger partial charge is 2.00 e. The van der Waals surface area contributed by atoms with Crippen LogP contribution in [0.2, 0.25) is 0 Å². The van der Waals surface area contributed by atoms with Gasteiger partial charge in [0.2, 0.25) is 0 Å². The number of rotatable bonds is 0. The van der Waals surface area contributed by atoms with Gasteiger partial charge in [0.15, 0.2) is 0 Å². The third-order valence-electron chi connectivity index (χ3n) is 3.17. The van der Waals surface area contributed by atoms with E-state index in [9.17, 15) is 0 Å². The van der Waals surface area contributed by atoms with Gasteiger partial charge in [-0.25, -0.2) is 0 Å². The van der Waals surface area contributed by atoms with Crippen LogP contribution < -0.4 is 4.74 Å². The van der Waals surface area contributed by atoms with Gasteiger partial charge in [-0.3, -0.25) is 0 Å². The fraction of sp³-hybridized carbons (Fsp3) is 0.708. The minimum atomic E-state index is 0. The van der Waals surface area contributed by atoms with Gasteiger partial charge in [-0.15, -0.1) is 11.6 Å². The number of benzene rings is 1. The Morgan fingerprint density at radius 2 is 1.42 bits per heavy atom. The molecule has 0 amide bonds. The normalized spacial score (nSPS) is 14.9. The Labute approximate surface area is 179 Å². The molecule has 1 aromatic carbocycles. The molecule has 1 radical (unpaired) electrons. The molecular weight excluding hydrogens is 355 g/mol. The van der Waals surface area contributed by atoms with Gasteiger partial charge in [-0.2, -0.15) is 31.0 Å². The summed E-state index contributed by atoms with van der Waals surface area (Å²) in [5.74, 6) is 1.49. The first-order chi connectivity index (χ1) is 11.9. The molecule has 0 spiro atoms. The Morgan fingerprint density at radius 3 is 1.77 bits per heavy atom. The van der Waals surface area contributed by atoms with Gasteiger partial charge in [0.1, 0.15) is 0 Å². The van der Waals surface area contributed by atoms with Gasteiger partial charge in [0, 0.05) is 5.75 Å². The first-order valence-electron chi connectivity index (χ1n) is 10.3. The first-order valence-corrected chi connectivity index (χ1v) is 10.3. The van der Waals surface area contributed by atoms with Crippen LogP contribution >= 0.6 is 0 Å². The standard InChI is InChI=1S/C9H9O.C6H11.4C2H6.CH4.V/c1-7-6-10-9-5-3-2-4-8(7)9;1-2-4-6-5-3-1;4*1-2;;/h2-4,7H,6H2,1H3;1H,2-6H2;4*1-2H3;1H4;/q2*-1;;;;;;+2. The molecule has 1 atom stereocenters. The van der Waals surface area contributed by atoms with E-state index in [1.807, 2.05) is 67.5 Å². The summed E-state index contributed by atoms with van der Waals surface area (Å²) in [4.78, 5) is 0. The van der Waals surface area contributed by atoms with Gasteiger partial charge >= 0.3 is 18.6 Å². The number of ether oxygens (including phenoxy) is 1. The zero-order chi connectivity index (χ0) is 19.2. The molecule has 0 aromatic heterocycles. The van der Waals surface area contributed by atoms with Gasteiger partial charge in [0.05, 0.1) is 6.61 Å². The van der Waals surface area contributed by atoms with Crippen molar-refractivity contribution in [2.24, 2.45) is 0 Å². The summed E-state index contributed by atoms with van der Waals surface area (Å²) in [5, 5.41) is 0. The topological polar surface area (TPSA) is 9.23 Å². The minimum Gasteiger partial charge on any atom is -0.520 e. The zero-order valence-corrected chi connectivity index (χ0v) is 19.9. The number of fused-ring (bicyclic) bond motifs is 1. The molecule has 155 valence electrons. The Kier molecular flexibility index (Phi) is 45.3. The first kappa shape index (κ1) is 36.5. The number of para-hydroxylation sites is 1. The van der Waals surface area contributed by atoms with E-state index in [4.69, 9.17) is 4.74 Å². The van der Waals surface area contributed by atoms with Crippen LogP contribution in [0.4, 0.5) is 0 Å². The van der Waals surface area contributed by atoms with Crippen molar-refractivity contribution in [1.29, 1.82) is 0 Å². The Balaban J connectivity index is -0.0000000808. The molecule has 1 nitrogen and oxygen atoms in total. The van der Waals surface area contributed by atoms with Crippen molar-refractivity contribution in [3.8, 4) is 5.75 Å². The van der Waals surface area contributed by atoms with E-state index < -0.39 is 0 Å². The van der Waals surface area contributed by atoms with Crippen LogP contribution in [0.15, 0.2) is 18.2 Å². The molecule has 1 saturated carbocycles. The van der Waals surface area contributed by atoms with Crippen molar-refractivity contribution in [2.75, 3.05) is 6.61 Å². The summed E-state index contributed by atoms with van der Waals surface area (Å²) in [7, 11) is 0. The average molecular weight is 404 g/mol. The van der Waals surface area contributed by atoms with E-state index in [0.29, 0.717) is 5.92 Å². The second kappa shape index (κ2) is 32.3. The van der Waals surface area contributed by atoms with E-state index in [2.05, 4.69) is 25.5 Å². The fourth-order valence-electron chi connectivity index (χ4n) is 2.14. The fourth-order valence-corrected chi connectivity index (χ4v) is 2.14. The number of hydrogen-bond donors (Lipinski definition) is 0. The molecule has 2 heteroatoms. The van der Waals surface area contributed by atoms with Crippen molar-refractivity contribution < 1.29 is 23.3 Å². The van der Waals surface area contributed by atoms with Gasteiger partial charge in [-0.05, 0) is 5.92 Å². The third-order valence-corrected chi connectivity index (χ3v) is 3.17. The summed E-state index contributed by atoms with van der Waals surface area (Å²) in [6.45, 7) is 19.0. The van der Waals surface area contributed by atoms with Crippen LogP contribution in [0.25, 0.3) is 0 Å². The van der Waals surface area contributed by atoms with Crippen molar-refractivity contribution in [3.63, 3.8) is 0 Å². The van der Waals surface area contributed by atoms with Crippen molar-refractivity contribution >= 4 is 0 Å². The minimum absolute atomic E-state index is 0. The van der Waals surface area contributed by atoms with E-state index in [1.54, 1.807) is 0 Å². The maximum absolute atomic E-state index is 5.36. The van der Waals surface area contributed by atoms with Crippen LogP contribution in [-0.2, 0) is 18.6 Å². The molecule has 0 N–H and O–H groups in total. The predicted molar refractivity (Wildman–Crippen MR) is 119 cm³/mol. The monoisotopic (exact) mass is 403 g/mol. The molecule has 1 heterocycles. The smallest absolute Gasteiger partial charge is 0.520 e. The van der Waals surface area contributed by atoms with Crippen LogP contribution in [0.3, 0.4) is 0 Å². The summed E-state index contributed by atoms with van der Waals surface area (Å²) < 4.78 is 5.36. The van der Waals surface area contributed by atoms with Crippen molar-refractivity contribution in [3.05, 3.63) is 36.2 Å². The maximum Gasteiger partial charge on any atom is 2.00 e. The molecule has 1 fully saturated rings. The molecule has 0 bridgehead atoms. The molecule has 0 saturated heterocycles. The van der Waals surface area contributed by atoms with E-state index >= 15 is 0 Å². The van der Waals surface area contributed by atoms with Crippen LogP contribution in [0.5, 0.6) is 5.75 Å². The molecule has 3 rings (SSSR count).